The van der Waals surface area contributed by atoms with E-state index in [1.807, 2.05) is 18.2 Å². The van der Waals surface area contributed by atoms with E-state index < -0.39 is 5.97 Å². The van der Waals surface area contributed by atoms with Crippen molar-refractivity contribution in [2.24, 2.45) is 5.41 Å². The number of nitrogens with zero attached hydrogens (tertiary/aromatic N) is 2. The van der Waals surface area contributed by atoms with Crippen LogP contribution >= 0.6 is 0 Å². The molecule has 0 amide bonds. The molecule has 2 aromatic rings. The van der Waals surface area contributed by atoms with Crippen molar-refractivity contribution in [1.82, 2.24) is 9.38 Å². The molecule has 2 N–H and O–H groups in total. The van der Waals surface area contributed by atoms with Crippen molar-refractivity contribution in [2.45, 2.75) is 39.0 Å². The van der Waals surface area contributed by atoms with Gasteiger partial charge in [-0.3, -0.25) is 4.40 Å². The second-order valence-corrected chi connectivity index (χ2v) is 6.27. The number of carboxylic acids is 1. The molecule has 1 aliphatic carbocycles. The maximum Gasteiger partial charge on any atom is 0.356 e. The number of aromatic carboxylic acids is 1. The van der Waals surface area contributed by atoms with Crippen molar-refractivity contribution < 1.29 is 9.90 Å². The summed E-state index contributed by atoms with van der Waals surface area (Å²) in [6, 6.07) is 5.49. The van der Waals surface area contributed by atoms with E-state index in [0.717, 1.165) is 6.54 Å². The van der Waals surface area contributed by atoms with Crippen LogP contribution in [0.25, 0.3) is 5.65 Å². The average Bonchev–Trinajstić information content (AvgIpc) is 2.84. The molecule has 3 rings (SSSR count). The smallest absolute Gasteiger partial charge is 0.356 e. The first-order chi connectivity index (χ1) is 10.1. The van der Waals surface area contributed by atoms with Gasteiger partial charge >= 0.3 is 5.97 Å². The normalized spacial score (nSPS) is 17.8. The Bertz CT molecular complexity index is 657. The van der Waals surface area contributed by atoms with E-state index in [0.29, 0.717) is 11.5 Å². The topological polar surface area (TPSA) is 66.6 Å². The number of nitrogens with one attached hydrogen (secondary N) is 1. The summed E-state index contributed by atoms with van der Waals surface area (Å²) in [5, 5.41) is 12.7. The molecular weight excluding hydrogens is 266 g/mol. The molecule has 1 aliphatic rings. The zero-order valence-corrected chi connectivity index (χ0v) is 12.3. The van der Waals surface area contributed by atoms with Crippen LogP contribution in [0.2, 0.25) is 0 Å². The van der Waals surface area contributed by atoms with Gasteiger partial charge in [-0.25, -0.2) is 9.78 Å². The van der Waals surface area contributed by atoms with Crippen LogP contribution in [-0.2, 0) is 0 Å². The molecule has 2 aromatic heterocycles. The molecule has 0 radical (unpaired) electrons. The van der Waals surface area contributed by atoms with Gasteiger partial charge in [0.25, 0.3) is 0 Å². The fourth-order valence-corrected chi connectivity index (χ4v) is 3.20. The summed E-state index contributed by atoms with van der Waals surface area (Å²) in [6.07, 6.45) is 7.94. The number of hydrogen-bond donors (Lipinski definition) is 2. The van der Waals surface area contributed by atoms with Crippen LogP contribution in [0.15, 0.2) is 24.4 Å². The van der Waals surface area contributed by atoms with Crippen molar-refractivity contribution >= 4 is 17.4 Å². The van der Waals surface area contributed by atoms with E-state index in [4.69, 9.17) is 0 Å². The highest BCUT2D eigenvalue weighted by atomic mass is 16.4. The number of rotatable bonds is 4. The SMILES string of the molecule is CC1(CNc2nc3ccccn3c2C(=O)O)CCCCC1. The second kappa shape index (κ2) is 5.39. The van der Waals surface area contributed by atoms with Crippen LogP contribution in [0.4, 0.5) is 5.82 Å². The van der Waals surface area contributed by atoms with Crippen LogP contribution in [0.1, 0.15) is 49.5 Å². The number of pyridine rings is 1. The van der Waals surface area contributed by atoms with Crippen LogP contribution in [0, 0.1) is 5.41 Å². The Hall–Kier alpha value is -2.04. The number of anilines is 1. The molecule has 2 heterocycles. The molecule has 0 saturated heterocycles. The molecule has 0 aromatic carbocycles. The highest BCUT2D eigenvalue weighted by Gasteiger charge is 2.28. The quantitative estimate of drug-likeness (QED) is 0.904. The van der Waals surface area contributed by atoms with Crippen LogP contribution in [0.3, 0.4) is 0 Å². The number of imidazole rings is 1. The molecule has 0 unspecified atom stereocenters. The Morgan fingerprint density at radius 2 is 2.14 bits per heavy atom. The molecule has 112 valence electrons. The predicted octanol–water partition coefficient (Wildman–Crippen LogP) is 3.41. The zero-order chi connectivity index (χ0) is 14.9. The maximum absolute atomic E-state index is 11.5. The lowest BCUT2D eigenvalue weighted by Crippen LogP contribution is -2.29. The molecule has 0 atom stereocenters. The standard InChI is InChI=1S/C16H21N3O2/c1-16(8-4-2-5-9-16)11-17-14-13(15(20)21)19-10-6-3-7-12(19)18-14/h3,6-7,10,17H,2,4-5,8-9,11H2,1H3,(H,20,21). The largest absolute Gasteiger partial charge is 0.476 e. The molecule has 1 saturated carbocycles. The summed E-state index contributed by atoms with van der Waals surface area (Å²) < 4.78 is 1.62. The lowest BCUT2D eigenvalue weighted by molar-refractivity contribution is 0.0690. The van der Waals surface area contributed by atoms with Gasteiger partial charge < -0.3 is 10.4 Å². The molecule has 21 heavy (non-hydrogen) atoms. The summed E-state index contributed by atoms with van der Waals surface area (Å²) in [4.78, 5) is 15.9. The molecule has 0 spiro atoms. The molecule has 0 bridgehead atoms. The van der Waals surface area contributed by atoms with Gasteiger partial charge in [-0.1, -0.05) is 32.3 Å². The summed E-state index contributed by atoms with van der Waals surface area (Å²) >= 11 is 0. The van der Waals surface area contributed by atoms with E-state index in [1.54, 1.807) is 10.6 Å². The predicted molar refractivity (Wildman–Crippen MR) is 81.8 cm³/mol. The summed E-state index contributed by atoms with van der Waals surface area (Å²) in [5.74, 6) is -0.481. The minimum Gasteiger partial charge on any atom is -0.476 e. The van der Waals surface area contributed by atoms with Gasteiger partial charge in [0.2, 0.25) is 0 Å². The van der Waals surface area contributed by atoms with Crippen molar-refractivity contribution in [3.63, 3.8) is 0 Å². The van der Waals surface area contributed by atoms with Crippen LogP contribution in [-0.4, -0.2) is 27.0 Å². The number of hydrogen-bond acceptors (Lipinski definition) is 3. The lowest BCUT2D eigenvalue weighted by Gasteiger charge is -2.33. The third-order valence-corrected chi connectivity index (χ3v) is 4.48. The lowest BCUT2D eigenvalue weighted by atomic mass is 9.76. The minimum absolute atomic E-state index is 0.213. The Morgan fingerprint density at radius 3 is 2.86 bits per heavy atom. The summed E-state index contributed by atoms with van der Waals surface area (Å²) in [5.41, 5.74) is 1.11. The summed E-state index contributed by atoms with van der Waals surface area (Å²) in [7, 11) is 0. The zero-order valence-electron chi connectivity index (χ0n) is 12.3. The van der Waals surface area contributed by atoms with Gasteiger partial charge in [-0.15, -0.1) is 0 Å². The number of carboxylic acid groups (broad SMARTS) is 1. The molecule has 0 aliphatic heterocycles. The van der Waals surface area contributed by atoms with Crippen LogP contribution in [0.5, 0.6) is 0 Å². The monoisotopic (exact) mass is 287 g/mol. The third-order valence-electron chi connectivity index (χ3n) is 4.48. The Kier molecular flexibility index (Phi) is 3.57. The van der Waals surface area contributed by atoms with Gasteiger partial charge in [-0.2, -0.15) is 0 Å². The van der Waals surface area contributed by atoms with Gasteiger partial charge in [0.05, 0.1) is 0 Å². The van der Waals surface area contributed by atoms with Crippen molar-refractivity contribution in [3.05, 3.63) is 30.1 Å². The van der Waals surface area contributed by atoms with E-state index >= 15 is 0 Å². The first-order valence-electron chi connectivity index (χ1n) is 7.53. The second-order valence-electron chi connectivity index (χ2n) is 6.27. The maximum atomic E-state index is 11.5. The molecule has 1 fully saturated rings. The molecule has 5 nitrogen and oxygen atoms in total. The first kappa shape index (κ1) is 13.9. The highest BCUT2D eigenvalue weighted by molar-refractivity contribution is 5.92. The van der Waals surface area contributed by atoms with Crippen LogP contribution < -0.4 is 5.32 Å². The summed E-state index contributed by atoms with van der Waals surface area (Å²) in [6.45, 7) is 3.05. The van der Waals surface area contributed by atoms with E-state index in [9.17, 15) is 9.90 Å². The number of carbonyl (C=O) groups is 1. The van der Waals surface area contributed by atoms with Gasteiger partial charge in [0.15, 0.2) is 11.5 Å². The van der Waals surface area contributed by atoms with E-state index in [1.165, 1.54) is 32.1 Å². The number of fused-ring (bicyclic) bond motifs is 1. The Balaban J connectivity index is 1.86. The number of aromatic nitrogens is 2. The fraction of sp³-hybridized carbons (Fsp3) is 0.500. The highest BCUT2D eigenvalue weighted by Crippen LogP contribution is 2.36. The van der Waals surface area contributed by atoms with Crippen molar-refractivity contribution in [2.75, 3.05) is 11.9 Å². The Labute approximate surface area is 124 Å². The first-order valence-corrected chi connectivity index (χ1v) is 7.53. The molecule has 5 heteroatoms. The fourth-order valence-electron chi connectivity index (χ4n) is 3.20. The van der Waals surface area contributed by atoms with Gasteiger partial charge in [-0.05, 0) is 30.4 Å². The third kappa shape index (κ3) is 2.73. The van der Waals surface area contributed by atoms with Crippen molar-refractivity contribution in [1.29, 1.82) is 0 Å². The van der Waals surface area contributed by atoms with Gasteiger partial charge in [0.1, 0.15) is 5.65 Å². The van der Waals surface area contributed by atoms with E-state index in [2.05, 4.69) is 17.2 Å². The van der Waals surface area contributed by atoms with Crippen molar-refractivity contribution in [3.8, 4) is 0 Å². The van der Waals surface area contributed by atoms with Gasteiger partial charge in [0, 0.05) is 12.7 Å². The van der Waals surface area contributed by atoms with E-state index in [-0.39, 0.29) is 11.1 Å². The average molecular weight is 287 g/mol. The Morgan fingerprint density at radius 1 is 1.38 bits per heavy atom. The molecular formula is C16H21N3O2. The minimum atomic E-state index is -0.954.